The quantitative estimate of drug-likeness (QED) is 0.503. The Bertz CT molecular complexity index is 1290. The highest BCUT2D eigenvalue weighted by molar-refractivity contribution is 6.03. The maximum absolute atomic E-state index is 13.1. The van der Waals surface area contributed by atoms with Crippen LogP contribution in [0.15, 0.2) is 59.6 Å². The Morgan fingerprint density at radius 3 is 2.76 bits per heavy atom. The molecule has 1 fully saturated rings. The van der Waals surface area contributed by atoms with Crippen molar-refractivity contribution in [3.05, 3.63) is 71.4 Å². The molecule has 0 spiro atoms. The van der Waals surface area contributed by atoms with Crippen molar-refractivity contribution in [1.29, 1.82) is 0 Å². The summed E-state index contributed by atoms with van der Waals surface area (Å²) in [4.78, 5) is 30.5. The molecule has 0 radical (unpaired) electrons. The lowest BCUT2D eigenvalue weighted by molar-refractivity contribution is 0.00418. The van der Waals surface area contributed by atoms with E-state index in [9.17, 15) is 14.7 Å². The van der Waals surface area contributed by atoms with E-state index in [0.29, 0.717) is 24.0 Å². The molecule has 3 N–H and O–H groups in total. The number of ketones is 1. The summed E-state index contributed by atoms with van der Waals surface area (Å²) < 4.78 is 0. The molecular weight excluding hydrogens is 428 g/mol. The number of aliphatic hydroxyl groups is 1. The van der Waals surface area contributed by atoms with Gasteiger partial charge in [-0.2, -0.15) is 5.10 Å². The summed E-state index contributed by atoms with van der Waals surface area (Å²) in [5.41, 5.74) is 2.34. The van der Waals surface area contributed by atoms with Gasteiger partial charge in [0.05, 0.1) is 17.3 Å². The van der Waals surface area contributed by atoms with Crippen molar-refractivity contribution < 1.29 is 14.7 Å². The van der Waals surface area contributed by atoms with Crippen molar-refractivity contribution in [2.45, 2.75) is 56.7 Å². The van der Waals surface area contributed by atoms with E-state index in [-0.39, 0.29) is 30.2 Å². The monoisotopic (exact) mass is 456 g/mol. The van der Waals surface area contributed by atoms with Gasteiger partial charge in [0.15, 0.2) is 5.78 Å². The fourth-order valence-electron chi connectivity index (χ4n) is 5.00. The molecule has 5 rings (SSSR count). The average Bonchev–Trinajstić information content (AvgIpc) is 3.27. The highest BCUT2D eigenvalue weighted by atomic mass is 16.3. The number of carbonyl (C=O) groups is 2. The van der Waals surface area contributed by atoms with Crippen LogP contribution in [0.3, 0.4) is 0 Å². The molecule has 1 saturated carbocycles. The van der Waals surface area contributed by atoms with E-state index in [1.807, 2.05) is 30.5 Å². The summed E-state index contributed by atoms with van der Waals surface area (Å²) in [5, 5.41) is 22.6. The lowest BCUT2D eigenvalue weighted by Crippen LogP contribution is -2.50. The number of nitrogens with one attached hydrogen (secondary N) is 2. The van der Waals surface area contributed by atoms with E-state index >= 15 is 0 Å². The van der Waals surface area contributed by atoms with Crippen LogP contribution in [0.25, 0.3) is 16.5 Å². The minimum atomic E-state index is -1.47. The largest absolute Gasteiger partial charge is 0.382 e. The molecular formula is C27H28N4O3. The fraction of sp³-hybridized carbons (Fsp3) is 0.333. The Hall–Kier alpha value is -3.58. The van der Waals surface area contributed by atoms with Crippen molar-refractivity contribution in [3.8, 4) is 0 Å². The van der Waals surface area contributed by atoms with Crippen LogP contribution in [-0.2, 0) is 0 Å². The van der Waals surface area contributed by atoms with E-state index in [2.05, 4.69) is 27.4 Å². The number of hydrogen-bond acceptors (Lipinski definition) is 5. The molecule has 3 unspecified atom stereocenters. The summed E-state index contributed by atoms with van der Waals surface area (Å²) in [6.45, 7) is 2.06. The van der Waals surface area contributed by atoms with E-state index in [1.54, 1.807) is 30.3 Å². The number of rotatable bonds is 5. The first kappa shape index (κ1) is 22.2. The summed E-state index contributed by atoms with van der Waals surface area (Å²) in [6.07, 6.45) is 6.56. The Morgan fingerprint density at radius 2 is 1.97 bits per heavy atom. The zero-order valence-electron chi connectivity index (χ0n) is 19.1. The zero-order valence-corrected chi connectivity index (χ0v) is 19.1. The lowest BCUT2D eigenvalue weighted by atomic mass is 9.77. The molecule has 7 nitrogen and oxygen atoms in total. The molecule has 2 heterocycles. The Labute approximate surface area is 198 Å². The van der Waals surface area contributed by atoms with Gasteiger partial charge in [-0.25, -0.2) is 0 Å². The Kier molecular flexibility index (Phi) is 5.87. The SMILES string of the molecule is CC1CC(c2n[nH]c3ccc(C(=O)NC4CCCC(O)(C(=O)c5ccccc5)C4)cc23)=CC=N1. The number of H-pyrrole nitrogens is 1. The van der Waals surface area contributed by atoms with Crippen molar-refractivity contribution in [1.82, 2.24) is 15.5 Å². The Morgan fingerprint density at radius 1 is 1.15 bits per heavy atom. The standard InChI is InChI=1S/C27H28N4O3/c1-17-14-19(11-13-28-17)24-22-15-20(9-10-23(22)30-31-24)26(33)29-21-8-5-12-27(34,16-21)25(32)18-6-3-2-4-7-18/h2-4,6-7,9-11,13,15,17,21,34H,5,8,12,14,16H2,1H3,(H,29,33)(H,30,31). The van der Waals surface area contributed by atoms with Gasteiger partial charge >= 0.3 is 0 Å². The number of nitrogens with zero attached hydrogens (tertiary/aromatic N) is 2. The van der Waals surface area contributed by atoms with Gasteiger partial charge in [-0.15, -0.1) is 0 Å². The minimum Gasteiger partial charge on any atom is -0.382 e. The predicted molar refractivity (Wildman–Crippen MR) is 132 cm³/mol. The molecule has 1 aliphatic heterocycles. The third kappa shape index (κ3) is 4.31. The first-order valence-corrected chi connectivity index (χ1v) is 11.8. The number of benzene rings is 2. The van der Waals surface area contributed by atoms with Crippen LogP contribution in [-0.4, -0.2) is 50.9 Å². The van der Waals surface area contributed by atoms with E-state index in [1.165, 1.54) is 0 Å². The molecule has 1 aliphatic carbocycles. The number of aromatic amines is 1. The van der Waals surface area contributed by atoms with Crippen molar-refractivity contribution in [3.63, 3.8) is 0 Å². The number of hydrogen-bond donors (Lipinski definition) is 3. The molecule has 2 aliphatic rings. The third-order valence-corrected chi connectivity index (χ3v) is 6.78. The summed E-state index contributed by atoms with van der Waals surface area (Å²) in [6, 6.07) is 14.2. The summed E-state index contributed by atoms with van der Waals surface area (Å²) in [7, 11) is 0. The number of Topliss-reactive ketones (excluding diaryl/α,β-unsaturated/α-hetero) is 1. The molecule has 2 aromatic carbocycles. The maximum Gasteiger partial charge on any atom is 0.251 e. The number of dihydropyridines is 1. The second kappa shape index (κ2) is 8.99. The van der Waals surface area contributed by atoms with Gasteiger partial charge in [0.1, 0.15) is 5.60 Å². The van der Waals surface area contributed by atoms with E-state index < -0.39 is 5.60 Å². The topological polar surface area (TPSA) is 107 Å². The molecule has 34 heavy (non-hydrogen) atoms. The van der Waals surface area contributed by atoms with Crippen LogP contribution >= 0.6 is 0 Å². The van der Waals surface area contributed by atoms with Gasteiger partial charge in [-0.1, -0.05) is 30.3 Å². The van der Waals surface area contributed by atoms with Crippen LogP contribution in [0.1, 0.15) is 65.4 Å². The van der Waals surface area contributed by atoms with Crippen molar-refractivity contribution in [2.75, 3.05) is 0 Å². The van der Waals surface area contributed by atoms with Crippen molar-refractivity contribution in [2.24, 2.45) is 4.99 Å². The molecule has 7 heteroatoms. The van der Waals surface area contributed by atoms with Gasteiger partial charge in [0, 0.05) is 35.2 Å². The van der Waals surface area contributed by atoms with Gasteiger partial charge in [-0.05, 0) is 62.5 Å². The normalized spacial score (nSPS) is 24.6. The highest BCUT2D eigenvalue weighted by Crippen LogP contribution is 2.32. The average molecular weight is 457 g/mol. The summed E-state index contributed by atoms with van der Waals surface area (Å²) in [5.74, 6) is -0.502. The first-order valence-electron chi connectivity index (χ1n) is 11.8. The molecule has 3 atom stereocenters. The number of amides is 1. The van der Waals surface area contributed by atoms with Crippen LogP contribution in [0.2, 0.25) is 0 Å². The second-order valence-electron chi connectivity index (χ2n) is 9.37. The van der Waals surface area contributed by atoms with Gasteiger partial charge in [0.25, 0.3) is 5.91 Å². The molecule has 3 aromatic rings. The van der Waals surface area contributed by atoms with Crippen LogP contribution in [0.5, 0.6) is 0 Å². The number of carbonyl (C=O) groups excluding carboxylic acids is 2. The second-order valence-corrected chi connectivity index (χ2v) is 9.37. The fourth-order valence-corrected chi connectivity index (χ4v) is 5.00. The van der Waals surface area contributed by atoms with Crippen LogP contribution in [0, 0.1) is 0 Å². The highest BCUT2D eigenvalue weighted by Gasteiger charge is 2.41. The molecule has 174 valence electrons. The third-order valence-electron chi connectivity index (χ3n) is 6.78. The van der Waals surface area contributed by atoms with Crippen LogP contribution in [0.4, 0.5) is 0 Å². The predicted octanol–water partition coefficient (Wildman–Crippen LogP) is 4.10. The van der Waals surface area contributed by atoms with E-state index in [4.69, 9.17) is 0 Å². The maximum atomic E-state index is 13.1. The number of allylic oxidation sites excluding steroid dienone is 1. The van der Waals surface area contributed by atoms with Crippen LogP contribution < -0.4 is 5.32 Å². The molecule has 0 saturated heterocycles. The van der Waals surface area contributed by atoms with Crippen molar-refractivity contribution >= 4 is 34.4 Å². The molecule has 0 bridgehead atoms. The van der Waals surface area contributed by atoms with E-state index in [0.717, 1.165) is 35.0 Å². The summed E-state index contributed by atoms with van der Waals surface area (Å²) >= 11 is 0. The van der Waals surface area contributed by atoms with Gasteiger partial charge in [-0.3, -0.25) is 19.7 Å². The Balaban J connectivity index is 1.33. The zero-order chi connectivity index (χ0) is 23.7. The molecule has 1 amide bonds. The smallest absolute Gasteiger partial charge is 0.251 e. The molecule has 1 aromatic heterocycles. The van der Waals surface area contributed by atoms with Gasteiger partial charge in [0.2, 0.25) is 0 Å². The first-order chi connectivity index (χ1) is 16.4. The lowest BCUT2D eigenvalue weighted by Gasteiger charge is -2.36. The minimum absolute atomic E-state index is 0.196. The number of aromatic nitrogens is 2. The van der Waals surface area contributed by atoms with Gasteiger partial charge < -0.3 is 10.4 Å². The number of aliphatic imine (C=N–C) groups is 1. The number of fused-ring (bicyclic) bond motifs is 1.